The lowest BCUT2D eigenvalue weighted by Crippen LogP contribution is -3.10. The van der Waals surface area contributed by atoms with E-state index in [0.29, 0.717) is 6.61 Å². The lowest BCUT2D eigenvalue weighted by molar-refractivity contribution is -0.910. The number of hydrogen-bond donors (Lipinski definition) is 1. The van der Waals surface area contributed by atoms with E-state index in [1.807, 2.05) is 0 Å². The summed E-state index contributed by atoms with van der Waals surface area (Å²) in [4.78, 5) is 1.62. The first kappa shape index (κ1) is 17.0. The Morgan fingerprint density at radius 2 is 1.41 bits per heavy atom. The fourth-order valence-corrected chi connectivity index (χ4v) is 2.63. The van der Waals surface area contributed by atoms with Gasteiger partial charge in [-0.25, -0.2) is 0 Å². The van der Waals surface area contributed by atoms with Crippen molar-refractivity contribution in [2.45, 2.75) is 53.4 Å². The lowest BCUT2D eigenvalue weighted by atomic mass is 10.0. The first-order chi connectivity index (χ1) is 10.4. The SMILES string of the molecule is CC[NH+](CC)Cc1ccc2cc(COC(C)(C)C)ccc2c1. The Balaban J connectivity index is 2.14. The van der Waals surface area contributed by atoms with Crippen LogP contribution in [0.1, 0.15) is 45.7 Å². The van der Waals surface area contributed by atoms with E-state index in [9.17, 15) is 0 Å². The maximum Gasteiger partial charge on any atom is 0.103 e. The van der Waals surface area contributed by atoms with Gasteiger partial charge in [0.05, 0.1) is 25.3 Å². The molecule has 0 bridgehead atoms. The van der Waals surface area contributed by atoms with Crippen molar-refractivity contribution in [1.82, 2.24) is 0 Å². The molecule has 1 N–H and O–H groups in total. The molecule has 0 heterocycles. The zero-order valence-corrected chi connectivity index (χ0v) is 14.7. The Labute approximate surface area is 135 Å². The molecule has 2 rings (SSSR count). The molecule has 0 saturated carbocycles. The summed E-state index contributed by atoms with van der Waals surface area (Å²) < 4.78 is 5.87. The van der Waals surface area contributed by atoms with E-state index >= 15 is 0 Å². The molecular formula is C20H30NO+. The third-order valence-electron chi connectivity index (χ3n) is 4.10. The van der Waals surface area contributed by atoms with Gasteiger partial charge in [0.2, 0.25) is 0 Å². The van der Waals surface area contributed by atoms with Gasteiger partial charge in [-0.05, 0) is 63.1 Å². The highest BCUT2D eigenvalue weighted by atomic mass is 16.5. The second-order valence-corrected chi connectivity index (χ2v) is 7.05. The summed E-state index contributed by atoms with van der Waals surface area (Å²) >= 11 is 0. The van der Waals surface area contributed by atoms with Crippen molar-refractivity contribution in [3.63, 3.8) is 0 Å². The average molecular weight is 300 g/mol. The largest absolute Gasteiger partial charge is 0.371 e. The number of quaternary nitrogens is 1. The molecular weight excluding hydrogens is 270 g/mol. The minimum Gasteiger partial charge on any atom is -0.371 e. The highest BCUT2D eigenvalue weighted by Crippen LogP contribution is 2.20. The zero-order chi connectivity index (χ0) is 16.2. The van der Waals surface area contributed by atoms with Crippen molar-refractivity contribution in [2.24, 2.45) is 0 Å². The maximum atomic E-state index is 5.87. The molecule has 0 atom stereocenters. The monoisotopic (exact) mass is 300 g/mol. The predicted molar refractivity (Wildman–Crippen MR) is 94.2 cm³/mol. The van der Waals surface area contributed by atoms with E-state index in [-0.39, 0.29) is 5.60 Å². The lowest BCUT2D eigenvalue weighted by Gasteiger charge is -2.19. The highest BCUT2D eigenvalue weighted by Gasteiger charge is 2.10. The molecule has 2 nitrogen and oxygen atoms in total. The van der Waals surface area contributed by atoms with Crippen LogP contribution in [0.15, 0.2) is 36.4 Å². The van der Waals surface area contributed by atoms with Gasteiger partial charge in [0.25, 0.3) is 0 Å². The first-order valence-corrected chi connectivity index (χ1v) is 8.40. The van der Waals surface area contributed by atoms with E-state index in [1.165, 1.54) is 35.0 Å². The summed E-state index contributed by atoms with van der Waals surface area (Å²) in [7, 11) is 0. The summed E-state index contributed by atoms with van der Waals surface area (Å²) in [6, 6.07) is 13.5. The molecule has 0 unspecified atom stereocenters. The van der Waals surface area contributed by atoms with Crippen LogP contribution in [-0.4, -0.2) is 18.7 Å². The molecule has 0 radical (unpaired) electrons. The molecule has 0 aliphatic rings. The third kappa shape index (κ3) is 4.82. The molecule has 0 saturated heterocycles. The number of hydrogen-bond acceptors (Lipinski definition) is 1. The van der Waals surface area contributed by atoms with Crippen LogP contribution >= 0.6 is 0 Å². The number of ether oxygens (including phenoxy) is 1. The number of benzene rings is 2. The van der Waals surface area contributed by atoms with Gasteiger partial charge in [-0.3, -0.25) is 0 Å². The molecule has 120 valence electrons. The van der Waals surface area contributed by atoms with Crippen LogP contribution in [0.5, 0.6) is 0 Å². The van der Waals surface area contributed by atoms with Crippen molar-refractivity contribution in [3.05, 3.63) is 47.5 Å². The summed E-state index contributed by atoms with van der Waals surface area (Å²) in [6.07, 6.45) is 0. The Morgan fingerprint density at radius 1 is 0.864 bits per heavy atom. The van der Waals surface area contributed by atoms with Crippen LogP contribution < -0.4 is 4.90 Å². The minimum atomic E-state index is -0.0919. The van der Waals surface area contributed by atoms with Gasteiger partial charge >= 0.3 is 0 Å². The van der Waals surface area contributed by atoms with Crippen molar-refractivity contribution < 1.29 is 9.64 Å². The van der Waals surface area contributed by atoms with Gasteiger partial charge in [-0.2, -0.15) is 0 Å². The van der Waals surface area contributed by atoms with Crippen LogP contribution in [0, 0.1) is 0 Å². The molecule has 0 amide bonds. The number of fused-ring (bicyclic) bond motifs is 1. The van der Waals surface area contributed by atoms with E-state index in [1.54, 1.807) is 4.90 Å². The summed E-state index contributed by atoms with van der Waals surface area (Å²) in [5.74, 6) is 0. The summed E-state index contributed by atoms with van der Waals surface area (Å²) in [5.41, 5.74) is 2.57. The smallest absolute Gasteiger partial charge is 0.103 e. The molecule has 2 aromatic carbocycles. The Bertz CT molecular complexity index is 609. The van der Waals surface area contributed by atoms with E-state index in [2.05, 4.69) is 71.0 Å². The summed E-state index contributed by atoms with van der Waals surface area (Å²) in [6.45, 7) is 14.9. The van der Waals surface area contributed by atoms with Gasteiger partial charge in [0, 0.05) is 5.56 Å². The fraction of sp³-hybridized carbons (Fsp3) is 0.500. The number of rotatable bonds is 6. The quantitative estimate of drug-likeness (QED) is 0.861. The van der Waals surface area contributed by atoms with Crippen molar-refractivity contribution in [1.29, 1.82) is 0 Å². The van der Waals surface area contributed by atoms with Gasteiger partial charge < -0.3 is 9.64 Å². The zero-order valence-electron chi connectivity index (χ0n) is 14.7. The van der Waals surface area contributed by atoms with Crippen LogP contribution in [-0.2, 0) is 17.9 Å². The maximum absolute atomic E-state index is 5.87. The van der Waals surface area contributed by atoms with E-state index in [4.69, 9.17) is 4.74 Å². The molecule has 0 aliphatic carbocycles. The van der Waals surface area contributed by atoms with Gasteiger partial charge in [-0.15, -0.1) is 0 Å². The van der Waals surface area contributed by atoms with Gasteiger partial charge in [0.15, 0.2) is 0 Å². The van der Waals surface area contributed by atoms with Gasteiger partial charge in [-0.1, -0.05) is 24.3 Å². The normalized spacial score (nSPS) is 12.3. The first-order valence-electron chi connectivity index (χ1n) is 8.40. The predicted octanol–water partition coefficient (Wildman–Crippen LogP) is 3.58. The van der Waals surface area contributed by atoms with Crippen molar-refractivity contribution in [3.8, 4) is 0 Å². The molecule has 0 spiro atoms. The minimum absolute atomic E-state index is 0.0919. The topological polar surface area (TPSA) is 13.7 Å². The van der Waals surface area contributed by atoms with E-state index < -0.39 is 0 Å². The van der Waals surface area contributed by atoms with Crippen LogP contribution in [0.3, 0.4) is 0 Å². The van der Waals surface area contributed by atoms with Crippen LogP contribution in [0.2, 0.25) is 0 Å². The Kier molecular flexibility index (Phi) is 5.60. The average Bonchev–Trinajstić information content (AvgIpc) is 2.49. The molecule has 0 fully saturated rings. The second kappa shape index (κ2) is 7.26. The standard InChI is InChI=1S/C20H29NO/c1-6-21(7-2)14-16-8-10-19-13-17(9-11-18(19)12-16)15-22-20(3,4)5/h8-13H,6-7,14-15H2,1-5H3/p+1. The van der Waals surface area contributed by atoms with Gasteiger partial charge in [0.1, 0.15) is 6.54 Å². The third-order valence-corrected chi connectivity index (χ3v) is 4.10. The molecule has 2 heteroatoms. The van der Waals surface area contributed by atoms with Crippen molar-refractivity contribution in [2.75, 3.05) is 13.1 Å². The van der Waals surface area contributed by atoms with Crippen LogP contribution in [0.25, 0.3) is 10.8 Å². The molecule has 0 aliphatic heterocycles. The number of nitrogens with one attached hydrogen (secondary N) is 1. The molecule has 22 heavy (non-hydrogen) atoms. The van der Waals surface area contributed by atoms with E-state index in [0.717, 1.165) is 6.54 Å². The second-order valence-electron chi connectivity index (χ2n) is 7.05. The van der Waals surface area contributed by atoms with Crippen molar-refractivity contribution >= 4 is 10.8 Å². The summed E-state index contributed by atoms with van der Waals surface area (Å²) in [5, 5.41) is 2.62. The Hall–Kier alpha value is -1.38. The molecule has 2 aromatic rings. The Morgan fingerprint density at radius 3 is 1.95 bits per heavy atom. The molecule has 0 aromatic heterocycles. The highest BCUT2D eigenvalue weighted by molar-refractivity contribution is 5.83. The van der Waals surface area contributed by atoms with Crippen LogP contribution in [0.4, 0.5) is 0 Å². The fourth-order valence-electron chi connectivity index (χ4n) is 2.63.